The molecule has 2 aromatic carbocycles. The van der Waals surface area contributed by atoms with Gasteiger partial charge in [-0.15, -0.1) is 0 Å². The number of ketones is 1. The van der Waals surface area contributed by atoms with Gasteiger partial charge in [0.05, 0.1) is 6.04 Å². The van der Waals surface area contributed by atoms with Gasteiger partial charge in [-0.25, -0.2) is 0 Å². The molecule has 0 aromatic heterocycles. The van der Waals surface area contributed by atoms with Crippen LogP contribution in [0.1, 0.15) is 64.0 Å². The van der Waals surface area contributed by atoms with Gasteiger partial charge in [0, 0.05) is 66.2 Å². The monoisotopic (exact) mass is 508 g/mol. The maximum Gasteiger partial charge on any atom is 0.224 e. The van der Waals surface area contributed by atoms with E-state index in [1.54, 1.807) is 6.92 Å². The van der Waals surface area contributed by atoms with Crippen LogP contribution in [-0.2, 0) is 9.59 Å². The highest BCUT2D eigenvalue weighted by Gasteiger charge is 2.36. The Kier molecular flexibility index (Phi) is 7.54. The number of piperazine rings is 1. The van der Waals surface area contributed by atoms with E-state index in [0.29, 0.717) is 17.4 Å². The molecule has 0 spiro atoms. The van der Waals surface area contributed by atoms with Gasteiger partial charge in [0.25, 0.3) is 0 Å². The van der Waals surface area contributed by atoms with Crippen LogP contribution in [0.15, 0.2) is 42.5 Å². The lowest BCUT2D eigenvalue weighted by Crippen LogP contribution is -2.56. The van der Waals surface area contributed by atoms with Gasteiger partial charge in [0.2, 0.25) is 5.91 Å². The predicted molar refractivity (Wildman–Crippen MR) is 147 cm³/mol. The number of carbonyl (C=O) groups is 2. The van der Waals surface area contributed by atoms with Gasteiger partial charge in [-0.2, -0.15) is 0 Å². The van der Waals surface area contributed by atoms with E-state index in [4.69, 9.17) is 11.6 Å². The molecule has 2 fully saturated rings. The lowest BCUT2D eigenvalue weighted by atomic mass is 9.83. The Balaban J connectivity index is 1.48. The van der Waals surface area contributed by atoms with E-state index >= 15 is 0 Å². The molecule has 3 aliphatic rings. The first-order valence-corrected chi connectivity index (χ1v) is 13.8. The zero-order valence-corrected chi connectivity index (χ0v) is 22.1. The van der Waals surface area contributed by atoms with Crippen molar-refractivity contribution in [2.75, 3.05) is 34.8 Å². The molecule has 3 unspecified atom stereocenters. The van der Waals surface area contributed by atoms with E-state index in [-0.39, 0.29) is 30.0 Å². The highest BCUT2D eigenvalue weighted by atomic mass is 35.5. The molecule has 3 atom stereocenters. The molecule has 36 heavy (non-hydrogen) atoms. The number of rotatable bonds is 5. The van der Waals surface area contributed by atoms with Crippen molar-refractivity contribution >= 4 is 40.4 Å². The fourth-order valence-electron chi connectivity index (χ4n) is 6.32. The van der Waals surface area contributed by atoms with Gasteiger partial charge in [-0.3, -0.25) is 9.59 Å². The zero-order valence-electron chi connectivity index (χ0n) is 21.3. The van der Waals surface area contributed by atoms with Gasteiger partial charge in [-0.1, -0.05) is 30.9 Å². The van der Waals surface area contributed by atoms with Crippen LogP contribution in [0.5, 0.6) is 0 Å². The summed E-state index contributed by atoms with van der Waals surface area (Å²) in [4.78, 5) is 30.4. The van der Waals surface area contributed by atoms with Crippen molar-refractivity contribution in [2.24, 2.45) is 5.92 Å². The van der Waals surface area contributed by atoms with E-state index < -0.39 is 0 Å². The summed E-state index contributed by atoms with van der Waals surface area (Å²) in [5.41, 5.74) is 4.10. The number of halogens is 1. The highest BCUT2D eigenvalue weighted by molar-refractivity contribution is 6.30. The van der Waals surface area contributed by atoms with E-state index in [0.717, 1.165) is 67.8 Å². The molecule has 2 aromatic rings. The third-order valence-corrected chi connectivity index (χ3v) is 8.35. The minimum atomic E-state index is -0.144. The molecular formula is C29H37ClN4O2. The molecule has 2 N–H and O–H groups in total. The van der Waals surface area contributed by atoms with Crippen LogP contribution in [0.2, 0.25) is 5.02 Å². The first kappa shape index (κ1) is 25.1. The van der Waals surface area contributed by atoms with Crippen LogP contribution >= 0.6 is 11.6 Å². The first-order valence-electron chi connectivity index (χ1n) is 13.4. The molecule has 5 rings (SSSR count). The van der Waals surface area contributed by atoms with Gasteiger partial charge in [0.15, 0.2) is 5.78 Å². The number of nitrogens with zero attached hydrogens (tertiary/aromatic N) is 2. The van der Waals surface area contributed by atoms with Crippen LogP contribution in [-0.4, -0.2) is 43.4 Å². The number of nitrogens with one attached hydrogen (secondary N) is 2. The number of hydrogen-bond acceptors (Lipinski definition) is 5. The minimum absolute atomic E-state index is 0.0436. The molecule has 1 saturated carbocycles. The maximum absolute atomic E-state index is 13.6. The Morgan fingerprint density at radius 2 is 1.81 bits per heavy atom. The van der Waals surface area contributed by atoms with Crippen molar-refractivity contribution in [1.82, 2.24) is 5.32 Å². The zero-order chi connectivity index (χ0) is 25.2. The van der Waals surface area contributed by atoms with Gasteiger partial charge in [-0.05, 0) is 68.7 Å². The molecule has 0 radical (unpaired) electrons. The summed E-state index contributed by atoms with van der Waals surface area (Å²) in [7, 11) is 0. The average Bonchev–Trinajstić information content (AvgIpc) is 2.89. The average molecular weight is 509 g/mol. The third-order valence-electron chi connectivity index (χ3n) is 8.10. The standard InChI is InChI=1S/C29H37ClN4O2/c1-19-16-26(32-23-10-8-22(30)9-11-23)25-17-24(12-13-27(25)34(19)20(2)35)33-15-14-31-18-28(33)29(36)21-6-4-3-5-7-21/h8-13,17,19,21,26,28,31-32H,3-7,14-16,18H2,1-2H3. The topological polar surface area (TPSA) is 64.7 Å². The Morgan fingerprint density at radius 3 is 2.53 bits per heavy atom. The van der Waals surface area contributed by atoms with E-state index in [1.165, 1.54) is 6.42 Å². The first-order chi connectivity index (χ1) is 17.4. The fraction of sp³-hybridized carbons (Fsp3) is 0.517. The van der Waals surface area contributed by atoms with Gasteiger partial charge in [0.1, 0.15) is 6.04 Å². The SMILES string of the molecule is CC(=O)N1c2ccc(N3CCNCC3C(=O)C3CCCCC3)cc2C(Nc2ccc(Cl)cc2)CC1C. The van der Waals surface area contributed by atoms with E-state index in [1.807, 2.05) is 29.2 Å². The van der Waals surface area contributed by atoms with E-state index in [2.05, 4.69) is 40.7 Å². The molecule has 1 aliphatic carbocycles. The number of Topliss-reactive ketones (excluding diaryl/α,β-unsaturated/α-hetero) is 1. The molecule has 0 bridgehead atoms. The molecule has 2 aliphatic heterocycles. The second-order valence-corrected chi connectivity index (χ2v) is 11.0. The molecule has 1 saturated heterocycles. The second kappa shape index (κ2) is 10.8. The van der Waals surface area contributed by atoms with Crippen molar-refractivity contribution in [1.29, 1.82) is 0 Å². The summed E-state index contributed by atoms with van der Waals surface area (Å²) in [5, 5.41) is 7.83. The summed E-state index contributed by atoms with van der Waals surface area (Å²) >= 11 is 6.10. The van der Waals surface area contributed by atoms with Crippen LogP contribution in [0.25, 0.3) is 0 Å². The highest BCUT2D eigenvalue weighted by Crippen LogP contribution is 2.41. The molecular weight excluding hydrogens is 472 g/mol. The van der Waals surface area contributed by atoms with Crippen molar-refractivity contribution in [3.8, 4) is 0 Å². The normalized spacial score (nSPS) is 24.8. The summed E-state index contributed by atoms with van der Waals surface area (Å²) in [5.74, 6) is 0.612. The van der Waals surface area contributed by atoms with Crippen molar-refractivity contribution in [2.45, 2.75) is 70.5 Å². The van der Waals surface area contributed by atoms with Crippen LogP contribution in [0.4, 0.5) is 17.1 Å². The largest absolute Gasteiger partial charge is 0.378 e. The Labute approximate surface area is 219 Å². The molecule has 6 nitrogen and oxygen atoms in total. The molecule has 2 heterocycles. The molecule has 1 amide bonds. The Bertz CT molecular complexity index is 1100. The Morgan fingerprint density at radius 1 is 1.06 bits per heavy atom. The lowest BCUT2D eigenvalue weighted by Gasteiger charge is -2.42. The molecule has 7 heteroatoms. The summed E-state index contributed by atoms with van der Waals surface area (Å²) in [6.45, 7) is 6.08. The quantitative estimate of drug-likeness (QED) is 0.553. The van der Waals surface area contributed by atoms with Crippen LogP contribution in [0.3, 0.4) is 0 Å². The minimum Gasteiger partial charge on any atom is -0.378 e. The van der Waals surface area contributed by atoms with Crippen molar-refractivity contribution < 1.29 is 9.59 Å². The van der Waals surface area contributed by atoms with Crippen molar-refractivity contribution in [3.63, 3.8) is 0 Å². The smallest absolute Gasteiger partial charge is 0.224 e. The summed E-state index contributed by atoms with van der Waals surface area (Å²) in [6, 6.07) is 14.1. The number of carbonyl (C=O) groups excluding carboxylic acids is 2. The fourth-order valence-corrected chi connectivity index (χ4v) is 6.45. The second-order valence-electron chi connectivity index (χ2n) is 10.6. The number of hydrogen-bond donors (Lipinski definition) is 2. The van der Waals surface area contributed by atoms with Crippen LogP contribution in [0, 0.1) is 5.92 Å². The predicted octanol–water partition coefficient (Wildman–Crippen LogP) is 5.57. The van der Waals surface area contributed by atoms with E-state index in [9.17, 15) is 9.59 Å². The maximum atomic E-state index is 13.6. The summed E-state index contributed by atoms with van der Waals surface area (Å²) < 4.78 is 0. The molecule has 192 valence electrons. The number of anilines is 3. The van der Waals surface area contributed by atoms with Crippen molar-refractivity contribution in [3.05, 3.63) is 53.1 Å². The third kappa shape index (κ3) is 5.12. The van der Waals surface area contributed by atoms with Crippen LogP contribution < -0.4 is 20.4 Å². The number of amides is 1. The Hall–Kier alpha value is -2.57. The summed E-state index contributed by atoms with van der Waals surface area (Å²) in [6.07, 6.45) is 6.40. The number of benzene rings is 2. The lowest BCUT2D eigenvalue weighted by molar-refractivity contribution is -0.125. The van der Waals surface area contributed by atoms with Gasteiger partial charge < -0.3 is 20.4 Å². The number of fused-ring (bicyclic) bond motifs is 1. The van der Waals surface area contributed by atoms with Gasteiger partial charge >= 0.3 is 0 Å².